The monoisotopic (exact) mass is 295 g/mol. The van der Waals surface area contributed by atoms with Gasteiger partial charge in [0.25, 0.3) is 5.91 Å². The molecule has 0 fully saturated rings. The van der Waals surface area contributed by atoms with E-state index in [2.05, 4.69) is 33.8 Å². The summed E-state index contributed by atoms with van der Waals surface area (Å²) < 4.78 is 7.67. The number of hydrogen-bond acceptors (Lipinski definition) is 3. The highest BCUT2D eigenvalue weighted by Gasteiger charge is 2.26. The van der Waals surface area contributed by atoms with Crippen LogP contribution in [0.15, 0.2) is 34.7 Å². The summed E-state index contributed by atoms with van der Waals surface area (Å²) in [5.41, 5.74) is 2.83. The van der Waals surface area contributed by atoms with Crippen molar-refractivity contribution in [1.82, 2.24) is 14.5 Å². The van der Waals surface area contributed by atoms with Crippen molar-refractivity contribution < 1.29 is 9.21 Å². The molecule has 1 aromatic carbocycles. The number of oxazole rings is 1. The molecule has 0 radical (unpaired) electrons. The lowest BCUT2D eigenvalue weighted by molar-refractivity contribution is 0.0705. The molecule has 0 unspecified atom stereocenters. The van der Waals surface area contributed by atoms with Crippen LogP contribution in [0.5, 0.6) is 0 Å². The number of benzene rings is 1. The fourth-order valence-electron chi connectivity index (χ4n) is 3.21. The second-order valence-electron chi connectivity index (χ2n) is 5.71. The quantitative estimate of drug-likeness (QED) is 0.693. The lowest BCUT2D eigenvalue weighted by atomic mass is 10.2. The highest BCUT2D eigenvalue weighted by molar-refractivity contribution is 5.93. The predicted molar refractivity (Wildman–Crippen MR) is 82.7 cm³/mol. The summed E-state index contributed by atoms with van der Waals surface area (Å²) in [4.78, 5) is 18.7. The second-order valence-corrected chi connectivity index (χ2v) is 5.71. The zero-order valence-corrected chi connectivity index (χ0v) is 12.7. The Morgan fingerprint density at radius 1 is 1.23 bits per heavy atom. The van der Waals surface area contributed by atoms with Crippen LogP contribution in [-0.2, 0) is 13.1 Å². The summed E-state index contributed by atoms with van der Waals surface area (Å²) in [5, 5.41) is 1.22. The van der Waals surface area contributed by atoms with E-state index >= 15 is 0 Å². The average molecular weight is 295 g/mol. The molecular weight excluding hydrogens is 278 g/mol. The van der Waals surface area contributed by atoms with Crippen molar-refractivity contribution in [3.05, 3.63) is 53.4 Å². The summed E-state index contributed by atoms with van der Waals surface area (Å²) in [7, 11) is 0. The molecule has 3 aromatic rings. The fraction of sp³-hybridized carbons (Fsp3) is 0.294. The third-order valence-electron chi connectivity index (χ3n) is 4.24. The molecule has 0 saturated heterocycles. The third-order valence-corrected chi connectivity index (χ3v) is 4.24. The second kappa shape index (κ2) is 4.73. The van der Waals surface area contributed by atoms with Gasteiger partial charge in [0.1, 0.15) is 5.76 Å². The first kappa shape index (κ1) is 13.1. The summed E-state index contributed by atoms with van der Waals surface area (Å²) in [5.74, 6) is 1.08. The van der Waals surface area contributed by atoms with Crippen LogP contribution in [0.2, 0.25) is 0 Å². The Morgan fingerprint density at radius 2 is 2.05 bits per heavy atom. The number of aryl methyl sites for hydroxylation is 2. The van der Waals surface area contributed by atoms with E-state index in [1.807, 2.05) is 11.0 Å². The Hall–Kier alpha value is -2.56. The maximum atomic E-state index is 12.7. The van der Waals surface area contributed by atoms with E-state index < -0.39 is 0 Å². The van der Waals surface area contributed by atoms with Crippen LogP contribution in [0.4, 0.5) is 0 Å². The van der Waals surface area contributed by atoms with Gasteiger partial charge in [-0.15, -0.1) is 0 Å². The maximum absolute atomic E-state index is 12.7. The molecule has 3 heterocycles. The molecule has 4 rings (SSSR count). The zero-order chi connectivity index (χ0) is 15.3. The molecule has 0 spiro atoms. The lowest BCUT2D eigenvalue weighted by Crippen LogP contribution is -2.38. The van der Waals surface area contributed by atoms with Crippen LogP contribution in [0, 0.1) is 13.8 Å². The van der Waals surface area contributed by atoms with Crippen LogP contribution >= 0.6 is 0 Å². The number of fused-ring (bicyclic) bond motifs is 3. The van der Waals surface area contributed by atoms with Crippen LogP contribution < -0.4 is 0 Å². The van der Waals surface area contributed by atoms with Gasteiger partial charge in [-0.05, 0) is 24.4 Å². The molecule has 0 saturated carbocycles. The topological polar surface area (TPSA) is 51.3 Å². The first-order chi connectivity index (χ1) is 10.6. The fourth-order valence-corrected chi connectivity index (χ4v) is 3.21. The minimum atomic E-state index is -0.0501. The molecule has 5 nitrogen and oxygen atoms in total. The summed E-state index contributed by atoms with van der Waals surface area (Å²) in [6.45, 7) is 5.66. The maximum Gasteiger partial charge on any atom is 0.276 e. The minimum absolute atomic E-state index is 0.0501. The number of rotatable bonds is 1. The Morgan fingerprint density at radius 3 is 2.82 bits per heavy atom. The molecule has 112 valence electrons. The van der Waals surface area contributed by atoms with E-state index in [0.29, 0.717) is 30.4 Å². The Bertz CT molecular complexity index is 875. The van der Waals surface area contributed by atoms with Crippen molar-refractivity contribution in [2.75, 3.05) is 6.54 Å². The molecule has 2 aromatic heterocycles. The van der Waals surface area contributed by atoms with Gasteiger partial charge in [-0.3, -0.25) is 4.79 Å². The van der Waals surface area contributed by atoms with Crippen LogP contribution in [0.1, 0.15) is 27.8 Å². The predicted octanol–water partition coefficient (Wildman–Crippen LogP) is 2.90. The molecule has 0 aliphatic carbocycles. The van der Waals surface area contributed by atoms with E-state index in [9.17, 15) is 4.79 Å². The Labute approximate surface area is 128 Å². The Kier molecular flexibility index (Phi) is 2.82. The van der Waals surface area contributed by atoms with E-state index in [4.69, 9.17) is 4.42 Å². The van der Waals surface area contributed by atoms with Crippen LogP contribution in [-0.4, -0.2) is 26.9 Å². The summed E-state index contributed by atoms with van der Waals surface area (Å²) in [6.07, 6.45) is 0. The molecule has 5 heteroatoms. The van der Waals surface area contributed by atoms with Crippen molar-refractivity contribution in [2.24, 2.45) is 0 Å². The highest BCUT2D eigenvalue weighted by atomic mass is 16.4. The van der Waals surface area contributed by atoms with Crippen LogP contribution in [0.25, 0.3) is 10.9 Å². The van der Waals surface area contributed by atoms with Crippen molar-refractivity contribution >= 4 is 16.8 Å². The first-order valence-electron chi connectivity index (χ1n) is 7.44. The summed E-state index contributed by atoms with van der Waals surface area (Å²) in [6, 6.07) is 10.5. The molecule has 0 atom stereocenters. The smallest absolute Gasteiger partial charge is 0.276 e. The number of hydrogen-bond donors (Lipinski definition) is 0. The van der Waals surface area contributed by atoms with Crippen molar-refractivity contribution in [3.63, 3.8) is 0 Å². The molecular formula is C17H17N3O2. The van der Waals surface area contributed by atoms with Gasteiger partial charge < -0.3 is 13.9 Å². The van der Waals surface area contributed by atoms with Gasteiger partial charge in [0.15, 0.2) is 11.6 Å². The van der Waals surface area contributed by atoms with Crippen molar-refractivity contribution in [2.45, 2.75) is 26.9 Å². The van der Waals surface area contributed by atoms with Gasteiger partial charge in [-0.1, -0.05) is 18.2 Å². The molecule has 0 N–H and O–H groups in total. The number of aromatic nitrogens is 2. The lowest BCUT2D eigenvalue weighted by Gasteiger charge is -2.28. The largest absolute Gasteiger partial charge is 0.445 e. The normalized spacial score (nSPS) is 14.4. The minimum Gasteiger partial charge on any atom is -0.445 e. The third kappa shape index (κ3) is 1.93. The van der Waals surface area contributed by atoms with Gasteiger partial charge in [-0.2, -0.15) is 0 Å². The summed E-state index contributed by atoms with van der Waals surface area (Å²) >= 11 is 0. The molecule has 1 aliphatic heterocycles. The zero-order valence-electron chi connectivity index (χ0n) is 12.7. The first-order valence-corrected chi connectivity index (χ1v) is 7.44. The van der Waals surface area contributed by atoms with E-state index in [1.54, 1.807) is 13.8 Å². The van der Waals surface area contributed by atoms with Gasteiger partial charge >= 0.3 is 0 Å². The highest BCUT2D eigenvalue weighted by Crippen LogP contribution is 2.25. The van der Waals surface area contributed by atoms with Gasteiger partial charge in [0.2, 0.25) is 0 Å². The van der Waals surface area contributed by atoms with Gasteiger partial charge in [0, 0.05) is 31.2 Å². The number of carbonyl (C=O) groups excluding carboxylic acids is 1. The molecule has 1 amide bonds. The number of nitrogens with zero attached hydrogens (tertiary/aromatic N) is 3. The van der Waals surface area contributed by atoms with E-state index in [0.717, 1.165) is 6.54 Å². The van der Waals surface area contributed by atoms with E-state index in [1.165, 1.54) is 16.6 Å². The van der Waals surface area contributed by atoms with Gasteiger partial charge in [0.05, 0.1) is 6.54 Å². The molecule has 0 bridgehead atoms. The number of para-hydroxylation sites is 1. The standard InChI is InChI=1S/C17H17N3O2/c1-11-16(18-12(2)22-11)17(21)19-7-8-20-14(10-19)9-13-5-3-4-6-15(13)20/h3-6,9H,7-8,10H2,1-2H3. The van der Waals surface area contributed by atoms with Crippen molar-refractivity contribution in [3.8, 4) is 0 Å². The number of carbonyl (C=O) groups is 1. The average Bonchev–Trinajstić information content (AvgIpc) is 3.05. The van der Waals surface area contributed by atoms with E-state index in [-0.39, 0.29) is 5.91 Å². The Balaban J connectivity index is 1.67. The van der Waals surface area contributed by atoms with Crippen LogP contribution in [0.3, 0.4) is 0 Å². The SMILES string of the molecule is Cc1nc(C(=O)N2CCn3c(cc4ccccc43)C2)c(C)o1. The van der Waals surface area contributed by atoms with Gasteiger partial charge in [-0.25, -0.2) is 4.98 Å². The number of amides is 1. The molecule has 22 heavy (non-hydrogen) atoms. The van der Waals surface area contributed by atoms with Crippen molar-refractivity contribution in [1.29, 1.82) is 0 Å². The molecule has 1 aliphatic rings.